The summed E-state index contributed by atoms with van der Waals surface area (Å²) < 4.78 is 0. The van der Waals surface area contributed by atoms with E-state index < -0.39 is 0 Å². The number of nitrogens with zero attached hydrogens (tertiary/aromatic N) is 2. The summed E-state index contributed by atoms with van der Waals surface area (Å²) in [6, 6.07) is 0.159. The lowest BCUT2D eigenvalue weighted by Crippen LogP contribution is -2.56. The van der Waals surface area contributed by atoms with Gasteiger partial charge in [-0.25, -0.2) is 0 Å². The average Bonchev–Trinajstić information content (AvgIpc) is 2.41. The van der Waals surface area contributed by atoms with Gasteiger partial charge in [-0.15, -0.1) is 0 Å². The molecule has 2 rings (SSSR count). The Morgan fingerprint density at radius 3 is 2.45 bits per heavy atom. The Kier molecular flexibility index (Phi) is 4.37. The SMILES string of the molecule is CC(=O)N1CCCC(C(=O)N2CCC(N)C(C)(C)C2)C1. The van der Waals surface area contributed by atoms with Crippen LogP contribution in [0.2, 0.25) is 0 Å². The van der Waals surface area contributed by atoms with Gasteiger partial charge in [0.1, 0.15) is 0 Å². The molecule has 2 N–H and O–H groups in total. The molecule has 2 aliphatic rings. The topological polar surface area (TPSA) is 66.6 Å². The van der Waals surface area contributed by atoms with Crippen molar-refractivity contribution in [2.45, 2.75) is 46.1 Å². The molecular formula is C15H27N3O2. The van der Waals surface area contributed by atoms with Gasteiger partial charge in [0, 0.05) is 39.1 Å². The van der Waals surface area contributed by atoms with Crippen LogP contribution in [0.4, 0.5) is 0 Å². The number of rotatable bonds is 1. The smallest absolute Gasteiger partial charge is 0.227 e. The normalized spacial score (nSPS) is 30.2. The fraction of sp³-hybridized carbons (Fsp3) is 0.867. The van der Waals surface area contributed by atoms with Crippen LogP contribution in [0.15, 0.2) is 0 Å². The van der Waals surface area contributed by atoms with Crippen molar-refractivity contribution >= 4 is 11.8 Å². The molecule has 2 atom stereocenters. The van der Waals surface area contributed by atoms with Crippen LogP contribution in [-0.4, -0.2) is 53.8 Å². The molecule has 0 radical (unpaired) electrons. The van der Waals surface area contributed by atoms with Gasteiger partial charge in [-0.3, -0.25) is 9.59 Å². The molecule has 0 saturated carbocycles. The second-order valence-corrected chi connectivity index (χ2v) is 6.95. The van der Waals surface area contributed by atoms with Crippen molar-refractivity contribution in [3.8, 4) is 0 Å². The van der Waals surface area contributed by atoms with E-state index >= 15 is 0 Å². The molecular weight excluding hydrogens is 254 g/mol. The number of nitrogens with two attached hydrogens (primary N) is 1. The third kappa shape index (κ3) is 3.14. The molecule has 5 heteroatoms. The molecule has 2 unspecified atom stereocenters. The van der Waals surface area contributed by atoms with E-state index in [1.807, 2.05) is 4.90 Å². The first-order valence-corrected chi connectivity index (χ1v) is 7.61. The molecule has 2 fully saturated rings. The second kappa shape index (κ2) is 5.72. The maximum atomic E-state index is 12.7. The summed E-state index contributed by atoms with van der Waals surface area (Å²) in [4.78, 5) is 27.9. The number of hydrogen-bond acceptors (Lipinski definition) is 3. The molecule has 0 aromatic rings. The Labute approximate surface area is 121 Å². The lowest BCUT2D eigenvalue weighted by molar-refractivity contribution is -0.143. The molecule has 5 nitrogen and oxygen atoms in total. The van der Waals surface area contributed by atoms with Gasteiger partial charge < -0.3 is 15.5 Å². The Bertz CT molecular complexity index is 395. The highest BCUT2D eigenvalue weighted by Gasteiger charge is 2.38. The highest BCUT2D eigenvalue weighted by molar-refractivity contribution is 5.81. The standard InChI is InChI=1S/C15H27N3O2/c1-11(19)17-7-4-5-12(9-17)14(20)18-8-6-13(16)15(2,3)10-18/h12-13H,4-10,16H2,1-3H3. The fourth-order valence-electron chi connectivity index (χ4n) is 3.28. The predicted octanol–water partition coefficient (Wildman–Crippen LogP) is 0.831. The minimum atomic E-state index is -0.0298. The summed E-state index contributed by atoms with van der Waals surface area (Å²) >= 11 is 0. The number of carbonyl (C=O) groups excluding carboxylic acids is 2. The van der Waals surface area contributed by atoms with Crippen molar-refractivity contribution in [2.75, 3.05) is 26.2 Å². The van der Waals surface area contributed by atoms with E-state index in [0.717, 1.165) is 38.9 Å². The van der Waals surface area contributed by atoms with Gasteiger partial charge in [0.15, 0.2) is 0 Å². The molecule has 0 aliphatic carbocycles. The predicted molar refractivity (Wildman–Crippen MR) is 77.9 cm³/mol. The first-order chi connectivity index (χ1) is 9.31. The first-order valence-electron chi connectivity index (χ1n) is 7.61. The molecule has 0 spiro atoms. The minimum Gasteiger partial charge on any atom is -0.342 e. The van der Waals surface area contributed by atoms with Crippen LogP contribution >= 0.6 is 0 Å². The average molecular weight is 281 g/mol. The van der Waals surface area contributed by atoms with Crippen LogP contribution < -0.4 is 5.73 Å². The summed E-state index contributed by atoms with van der Waals surface area (Å²) in [5.74, 6) is 0.247. The van der Waals surface area contributed by atoms with Gasteiger partial charge in [0.25, 0.3) is 0 Å². The van der Waals surface area contributed by atoms with E-state index in [9.17, 15) is 9.59 Å². The van der Waals surface area contributed by atoms with Crippen LogP contribution in [0.25, 0.3) is 0 Å². The van der Waals surface area contributed by atoms with E-state index in [2.05, 4.69) is 13.8 Å². The summed E-state index contributed by atoms with van der Waals surface area (Å²) in [6.45, 7) is 8.67. The summed E-state index contributed by atoms with van der Waals surface area (Å²) in [7, 11) is 0. The van der Waals surface area contributed by atoms with Crippen LogP contribution in [-0.2, 0) is 9.59 Å². The lowest BCUT2D eigenvalue weighted by atomic mass is 9.79. The van der Waals surface area contributed by atoms with Gasteiger partial charge in [0.05, 0.1) is 5.92 Å². The quantitative estimate of drug-likeness (QED) is 0.774. The molecule has 2 aliphatic heterocycles. The van der Waals surface area contributed by atoms with E-state index in [4.69, 9.17) is 5.73 Å². The zero-order valence-corrected chi connectivity index (χ0v) is 12.9. The lowest BCUT2D eigenvalue weighted by Gasteiger charge is -2.44. The van der Waals surface area contributed by atoms with Crippen molar-refractivity contribution in [3.63, 3.8) is 0 Å². The number of amides is 2. The van der Waals surface area contributed by atoms with Crippen molar-refractivity contribution in [1.29, 1.82) is 0 Å². The van der Waals surface area contributed by atoms with E-state index in [1.54, 1.807) is 11.8 Å². The number of hydrogen-bond donors (Lipinski definition) is 1. The molecule has 0 aromatic heterocycles. The molecule has 0 bridgehead atoms. The first kappa shape index (κ1) is 15.3. The molecule has 2 heterocycles. The van der Waals surface area contributed by atoms with Gasteiger partial charge in [-0.05, 0) is 24.7 Å². The Hall–Kier alpha value is -1.10. The van der Waals surface area contributed by atoms with Crippen molar-refractivity contribution in [1.82, 2.24) is 9.80 Å². The fourth-order valence-corrected chi connectivity index (χ4v) is 3.28. The molecule has 2 saturated heterocycles. The van der Waals surface area contributed by atoms with Crippen LogP contribution in [0, 0.1) is 11.3 Å². The van der Waals surface area contributed by atoms with Crippen LogP contribution in [0.1, 0.15) is 40.0 Å². The van der Waals surface area contributed by atoms with Gasteiger partial charge in [0.2, 0.25) is 11.8 Å². The molecule has 0 aromatic carbocycles. The largest absolute Gasteiger partial charge is 0.342 e. The highest BCUT2D eigenvalue weighted by atomic mass is 16.2. The zero-order chi connectivity index (χ0) is 14.9. The third-order valence-electron chi connectivity index (χ3n) is 4.84. The molecule has 114 valence electrons. The van der Waals surface area contributed by atoms with Gasteiger partial charge in [-0.2, -0.15) is 0 Å². The summed E-state index contributed by atoms with van der Waals surface area (Å²) in [5, 5.41) is 0. The van der Waals surface area contributed by atoms with Gasteiger partial charge in [-0.1, -0.05) is 13.8 Å². The second-order valence-electron chi connectivity index (χ2n) is 6.95. The summed E-state index contributed by atoms with van der Waals surface area (Å²) in [6.07, 6.45) is 2.68. The zero-order valence-electron chi connectivity index (χ0n) is 12.9. The van der Waals surface area contributed by atoms with Crippen LogP contribution in [0.5, 0.6) is 0 Å². The van der Waals surface area contributed by atoms with Crippen molar-refractivity contribution in [2.24, 2.45) is 17.1 Å². The van der Waals surface area contributed by atoms with E-state index in [0.29, 0.717) is 6.54 Å². The van der Waals surface area contributed by atoms with Crippen molar-refractivity contribution in [3.05, 3.63) is 0 Å². The minimum absolute atomic E-state index is 0.0250. The number of likely N-dealkylation sites (tertiary alicyclic amines) is 2. The van der Waals surface area contributed by atoms with E-state index in [1.165, 1.54) is 0 Å². The number of piperidine rings is 2. The van der Waals surface area contributed by atoms with Crippen molar-refractivity contribution < 1.29 is 9.59 Å². The Balaban J connectivity index is 1.99. The maximum absolute atomic E-state index is 12.7. The van der Waals surface area contributed by atoms with Crippen LogP contribution in [0.3, 0.4) is 0 Å². The monoisotopic (exact) mass is 281 g/mol. The number of carbonyl (C=O) groups is 2. The highest BCUT2D eigenvalue weighted by Crippen LogP contribution is 2.29. The molecule has 2 amide bonds. The Morgan fingerprint density at radius 1 is 1.15 bits per heavy atom. The maximum Gasteiger partial charge on any atom is 0.227 e. The molecule has 20 heavy (non-hydrogen) atoms. The van der Waals surface area contributed by atoms with E-state index in [-0.39, 0.29) is 29.2 Å². The van der Waals surface area contributed by atoms with Gasteiger partial charge >= 0.3 is 0 Å². The Morgan fingerprint density at radius 2 is 1.85 bits per heavy atom. The third-order valence-corrected chi connectivity index (χ3v) is 4.84. The summed E-state index contributed by atoms with van der Waals surface area (Å²) in [5.41, 5.74) is 6.10.